The summed E-state index contributed by atoms with van der Waals surface area (Å²) in [5, 5.41) is 4.50. The van der Waals surface area contributed by atoms with Gasteiger partial charge in [0.05, 0.1) is 0 Å². The molecule has 0 atom stereocenters. The molecule has 3 aromatic heterocycles. The molecule has 2 N–H and O–H groups in total. The number of rotatable bonds is 11. The molecule has 4 rings (SSSR count). The Kier molecular flexibility index (Phi) is 7.24. The number of hydrogen-bond donors (Lipinski definition) is 2. The van der Waals surface area contributed by atoms with Crippen LogP contribution >= 0.6 is 11.5 Å². The first kappa shape index (κ1) is 22.2. The van der Waals surface area contributed by atoms with Gasteiger partial charge in [-0.1, -0.05) is 13.8 Å². The Balaban J connectivity index is 1.64. The van der Waals surface area contributed by atoms with Gasteiger partial charge in [0.25, 0.3) is 0 Å². The number of nitrogens with zero attached hydrogens (tertiary/aromatic N) is 5. The first-order valence-electron chi connectivity index (χ1n) is 10.6. The van der Waals surface area contributed by atoms with E-state index in [-0.39, 0.29) is 21.5 Å². The van der Waals surface area contributed by atoms with Crippen LogP contribution in [0.15, 0.2) is 35.3 Å². The summed E-state index contributed by atoms with van der Waals surface area (Å²) >= 11 is 1.27. The average molecular weight is 550 g/mol. The molecule has 1 aliphatic carbocycles. The van der Waals surface area contributed by atoms with Gasteiger partial charge in [0, 0.05) is 0 Å². The summed E-state index contributed by atoms with van der Waals surface area (Å²) in [6, 6.07) is 2.13. The van der Waals surface area contributed by atoms with Gasteiger partial charge in [-0.25, -0.2) is 0 Å². The maximum atomic E-state index is 4.94. The van der Waals surface area contributed by atoms with Crippen molar-refractivity contribution in [3.05, 3.63) is 52.4 Å². The topological polar surface area (TPSA) is 70.4 Å². The van der Waals surface area contributed by atoms with Crippen molar-refractivity contribution in [2.24, 2.45) is 0 Å². The monoisotopic (exact) mass is 550 g/mol. The van der Waals surface area contributed by atoms with Gasteiger partial charge >= 0.3 is 167 Å². The van der Waals surface area contributed by atoms with Gasteiger partial charge in [-0.3, -0.25) is 4.90 Å². The molecule has 1 saturated carbocycles. The molecule has 1 fully saturated rings. The Morgan fingerprint density at radius 2 is 2.19 bits per heavy atom. The third-order valence-corrected chi connectivity index (χ3v) is 7.26. The van der Waals surface area contributed by atoms with Crippen LogP contribution in [0.2, 0.25) is 0 Å². The van der Waals surface area contributed by atoms with Gasteiger partial charge < -0.3 is 0 Å². The summed E-state index contributed by atoms with van der Waals surface area (Å²) < 4.78 is 12.1. The molecule has 0 spiro atoms. The predicted molar refractivity (Wildman–Crippen MR) is 124 cm³/mol. The van der Waals surface area contributed by atoms with E-state index in [2.05, 4.69) is 68.3 Å². The molecular weight excluding hydrogens is 521 g/mol. The average Bonchev–Trinajstić information content (AvgIpc) is 3.39. The van der Waals surface area contributed by atoms with Crippen molar-refractivity contribution in [2.45, 2.75) is 46.1 Å². The van der Waals surface area contributed by atoms with E-state index < -0.39 is 0 Å². The van der Waals surface area contributed by atoms with Crippen molar-refractivity contribution >= 4 is 33.6 Å². The Bertz CT molecular complexity index is 1080. The number of imidazole rings is 1. The minimum absolute atomic E-state index is 0.208. The SMILES string of the molecule is C=C[I-]N/C=C(\C)c1cnc2c(Nc3cc(CN(CC)CC)ns3)nc(C3CC3)cn12. The van der Waals surface area contributed by atoms with Crippen LogP contribution in [0, 0.1) is 0 Å². The van der Waals surface area contributed by atoms with E-state index in [1.807, 2.05) is 10.3 Å². The van der Waals surface area contributed by atoms with Gasteiger partial charge in [-0.05, 0) is 13.1 Å². The van der Waals surface area contributed by atoms with Gasteiger partial charge in [-0.2, -0.15) is 0 Å². The summed E-state index contributed by atoms with van der Waals surface area (Å²) in [6.45, 7) is 13.2. The number of halogens is 1. The Hall–Kier alpha value is -1.98. The predicted octanol–water partition coefficient (Wildman–Crippen LogP) is 1.75. The number of nitrogens with one attached hydrogen (secondary N) is 2. The third-order valence-electron chi connectivity index (χ3n) is 5.40. The molecule has 3 heterocycles. The van der Waals surface area contributed by atoms with Crippen LogP contribution < -0.4 is 30.3 Å². The van der Waals surface area contributed by atoms with Gasteiger partial charge in [0.1, 0.15) is 0 Å². The van der Waals surface area contributed by atoms with Crippen LogP contribution in [0.3, 0.4) is 0 Å². The van der Waals surface area contributed by atoms with Crippen LogP contribution in [-0.4, -0.2) is 36.7 Å². The normalized spacial score (nSPS) is 14.5. The quantitative estimate of drug-likeness (QED) is 0.216. The summed E-state index contributed by atoms with van der Waals surface area (Å²) in [5.74, 6) is 1.35. The number of hydrogen-bond acceptors (Lipinski definition) is 7. The molecule has 0 saturated heterocycles. The van der Waals surface area contributed by atoms with Crippen molar-refractivity contribution in [3.8, 4) is 0 Å². The van der Waals surface area contributed by atoms with E-state index in [0.29, 0.717) is 5.92 Å². The second-order valence-corrected chi connectivity index (χ2v) is 10.5. The van der Waals surface area contributed by atoms with E-state index >= 15 is 0 Å². The van der Waals surface area contributed by atoms with E-state index in [4.69, 9.17) is 9.97 Å². The number of allylic oxidation sites excluding steroid dienone is 1. The fraction of sp³-hybridized carbons (Fsp3) is 0.409. The molecule has 0 radical (unpaired) electrons. The molecular formula is C22H29IN7S-. The van der Waals surface area contributed by atoms with Crippen molar-refractivity contribution in [1.82, 2.24) is 27.2 Å². The molecule has 0 aliphatic heterocycles. The van der Waals surface area contributed by atoms with E-state index in [1.54, 1.807) is 0 Å². The molecule has 0 amide bonds. The van der Waals surface area contributed by atoms with Crippen LogP contribution in [-0.2, 0) is 6.54 Å². The number of anilines is 2. The fourth-order valence-electron chi connectivity index (χ4n) is 3.43. The van der Waals surface area contributed by atoms with Crippen molar-refractivity contribution in [1.29, 1.82) is 0 Å². The third kappa shape index (κ3) is 5.27. The Morgan fingerprint density at radius 1 is 1.39 bits per heavy atom. The van der Waals surface area contributed by atoms with Crippen molar-refractivity contribution in [3.63, 3.8) is 0 Å². The zero-order valence-electron chi connectivity index (χ0n) is 18.2. The van der Waals surface area contributed by atoms with Crippen molar-refractivity contribution < 1.29 is 21.5 Å². The maximum absolute atomic E-state index is 4.94. The molecule has 0 bridgehead atoms. The van der Waals surface area contributed by atoms with Gasteiger partial charge in [0.2, 0.25) is 0 Å². The second kappa shape index (κ2) is 10.1. The molecule has 9 heteroatoms. The van der Waals surface area contributed by atoms with Gasteiger partial charge in [-0.15, -0.1) is 0 Å². The molecule has 3 aromatic rings. The molecule has 166 valence electrons. The molecule has 0 unspecified atom stereocenters. The molecule has 31 heavy (non-hydrogen) atoms. The Morgan fingerprint density at radius 3 is 2.90 bits per heavy atom. The second-order valence-electron chi connectivity index (χ2n) is 7.59. The zero-order valence-corrected chi connectivity index (χ0v) is 21.2. The first-order chi connectivity index (χ1) is 15.1. The van der Waals surface area contributed by atoms with E-state index in [0.717, 1.165) is 58.8 Å². The molecule has 7 nitrogen and oxygen atoms in total. The van der Waals surface area contributed by atoms with Crippen LogP contribution in [0.25, 0.3) is 11.2 Å². The fourth-order valence-corrected chi connectivity index (χ4v) is 4.99. The van der Waals surface area contributed by atoms with Crippen LogP contribution in [0.5, 0.6) is 0 Å². The summed E-state index contributed by atoms with van der Waals surface area (Å²) in [6.07, 6.45) is 8.55. The molecule has 0 aromatic carbocycles. The molecule has 1 aliphatic rings. The standard InChI is InChI=1S/C22H29IN7S/c1-5-23-25-11-15(4)19-12-24-22-21(26-18(14-30(19)22)16-8-9-16)27-20-10-17(28-31-20)13-29(6-2)7-3/h5,10-12,14,16,25H,1,6-9,13H2,2-4H3,(H,26,27)/q-1/b15-11+. The zero-order chi connectivity index (χ0) is 21.8. The van der Waals surface area contributed by atoms with Gasteiger partial charge in [0.15, 0.2) is 0 Å². The van der Waals surface area contributed by atoms with Crippen LogP contribution in [0.1, 0.15) is 56.6 Å². The van der Waals surface area contributed by atoms with Crippen LogP contribution in [0.4, 0.5) is 10.8 Å². The Labute approximate surface area is 198 Å². The summed E-state index contributed by atoms with van der Waals surface area (Å²) in [7, 11) is 0. The van der Waals surface area contributed by atoms with E-state index in [1.165, 1.54) is 24.4 Å². The minimum atomic E-state index is -0.208. The number of aromatic nitrogens is 4. The number of fused-ring (bicyclic) bond motifs is 1. The van der Waals surface area contributed by atoms with Crippen molar-refractivity contribution in [2.75, 3.05) is 18.4 Å². The first-order valence-corrected chi connectivity index (χ1v) is 13.7. The van der Waals surface area contributed by atoms with E-state index in [9.17, 15) is 0 Å². The summed E-state index contributed by atoms with van der Waals surface area (Å²) in [5.41, 5.74) is 5.28. The summed E-state index contributed by atoms with van der Waals surface area (Å²) in [4.78, 5) is 12.0.